The van der Waals surface area contributed by atoms with Crippen LogP contribution in [0.4, 0.5) is 11.4 Å². The summed E-state index contributed by atoms with van der Waals surface area (Å²) in [6, 6.07) is 4.13. The minimum absolute atomic E-state index is 0.0119. The van der Waals surface area contributed by atoms with Crippen LogP contribution < -0.4 is 9.64 Å². The molecule has 0 spiro atoms. The third kappa shape index (κ3) is 2.38. The van der Waals surface area contributed by atoms with Gasteiger partial charge in [-0.2, -0.15) is 0 Å². The van der Waals surface area contributed by atoms with Crippen LogP contribution in [0, 0.1) is 22.0 Å². The van der Waals surface area contributed by atoms with Gasteiger partial charge in [0.15, 0.2) is 0 Å². The number of fused-ring (bicyclic) bond motifs is 1. The Morgan fingerprint density at radius 3 is 2.61 bits per heavy atom. The lowest BCUT2D eigenvalue weighted by Gasteiger charge is -2.18. The number of nitrogens with zero attached hydrogens (tertiary/aromatic N) is 2. The van der Waals surface area contributed by atoms with Crippen molar-refractivity contribution in [1.29, 1.82) is 0 Å². The first-order valence-corrected chi connectivity index (χ1v) is 7.30. The summed E-state index contributed by atoms with van der Waals surface area (Å²) in [6.07, 6.45) is 2.98. The van der Waals surface area contributed by atoms with E-state index < -0.39 is 16.8 Å². The van der Waals surface area contributed by atoms with E-state index in [-0.39, 0.29) is 23.2 Å². The van der Waals surface area contributed by atoms with Crippen molar-refractivity contribution in [1.82, 2.24) is 0 Å². The standard InChI is InChI=1S/C16H16N2O5/c1-9-3-5-11-12(7-9)16(20)17(15(11)19)13-6-4-10(23-2)8-14(13)18(21)22/h3-4,6,8,11-12H,5,7H2,1-2H3. The van der Waals surface area contributed by atoms with Crippen LogP contribution in [0.1, 0.15) is 19.8 Å². The van der Waals surface area contributed by atoms with E-state index in [0.717, 1.165) is 10.5 Å². The zero-order chi connectivity index (χ0) is 16.7. The molecule has 3 rings (SSSR count). The van der Waals surface area contributed by atoms with Crippen molar-refractivity contribution < 1.29 is 19.2 Å². The molecule has 0 aromatic heterocycles. The first kappa shape index (κ1) is 15.2. The molecule has 1 fully saturated rings. The van der Waals surface area contributed by atoms with Crippen molar-refractivity contribution >= 4 is 23.2 Å². The zero-order valence-corrected chi connectivity index (χ0v) is 12.8. The number of allylic oxidation sites excluding steroid dienone is 2. The van der Waals surface area contributed by atoms with Crippen LogP contribution in [0.3, 0.4) is 0 Å². The molecule has 2 amide bonds. The molecule has 0 N–H and O–H groups in total. The maximum atomic E-state index is 12.6. The SMILES string of the molecule is COc1ccc(N2C(=O)C3CC=C(C)CC3C2=O)c([N+](=O)[O-])c1. The Bertz CT molecular complexity index is 740. The highest BCUT2D eigenvalue weighted by molar-refractivity contribution is 6.23. The lowest BCUT2D eigenvalue weighted by molar-refractivity contribution is -0.384. The predicted octanol–water partition coefficient (Wildman–Crippen LogP) is 2.45. The minimum Gasteiger partial charge on any atom is -0.496 e. The fraction of sp³-hybridized carbons (Fsp3) is 0.375. The van der Waals surface area contributed by atoms with Crippen LogP contribution in [0.5, 0.6) is 5.75 Å². The van der Waals surface area contributed by atoms with Crippen LogP contribution in [-0.4, -0.2) is 23.8 Å². The van der Waals surface area contributed by atoms with Gasteiger partial charge in [-0.15, -0.1) is 0 Å². The Hall–Kier alpha value is -2.70. The van der Waals surface area contributed by atoms with E-state index in [2.05, 4.69) is 0 Å². The number of benzene rings is 1. The largest absolute Gasteiger partial charge is 0.496 e. The Morgan fingerprint density at radius 2 is 1.96 bits per heavy atom. The topological polar surface area (TPSA) is 89.8 Å². The molecule has 0 saturated carbocycles. The smallest absolute Gasteiger partial charge is 0.297 e. The van der Waals surface area contributed by atoms with E-state index >= 15 is 0 Å². The number of carbonyl (C=O) groups excluding carboxylic acids is 2. The number of carbonyl (C=O) groups is 2. The average molecular weight is 316 g/mol. The van der Waals surface area contributed by atoms with Crippen molar-refractivity contribution in [3.05, 3.63) is 40.0 Å². The van der Waals surface area contributed by atoms with Crippen LogP contribution >= 0.6 is 0 Å². The van der Waals surface area contributed by atoms with Crippen LogP contribution in [0.2, 0.25) is 0 Å². The first-order valence-electron chi connectivity index (χ1n) is 7.30. The molecule has 0 bridgehead atoms. The molecule has 2 aliphatic rings. The van der Waals surface area contributed by atoms with Crippen LogP contribution in [0.25, 0.3) is 0 Å². The molecule has 2 atom stereocenters. The Morgan fingerprint density at radius 1 is 1.26 bits per heavy atom. The number of ether oxygens (including phenoxy) is 1. The summed E-state index contributed by atoms with van der Waals surface area (Å²) < 4.78 is 4.98. The van der Waals surface area contributed by atoms with Crippen molar-refractivity contribution in [2.75, 3.05) is 12.0 Å². The number of nitro groups is 1. The van der Waals surface area contributed by atoms with Gasteiger partial charge in [0.05, 0.1) is 29.9 Å². The number of hydrogen-bond acceptors (Lipinski definition) is 5. The van der Waals surface area contributed by atoms with Crippen molar-refractivity contribution in [2.24, 2.45) is 11.8 Å². The number of imide groups is 1. The number of amides is 2. The molecule has 1 aliphatic carbocycles. The number of rotatable bonds is 3. The highest BCUT2D eigenvalue weighted by Gasteiger charge is 2.50. The fourth-order valence-corrected chi connectivity index (χ4v) is 3.24. The molecular formula is C16H16N2O5. The van der Waals surface area contributed by atoms with E-state index in [1.54, 1.807) is 0 Å². The summed E-state index contributed by atoms with van der Waals surface area (Å²) in [5.74, 6) is -1.27. The van der Waals surface area contributed by atoms with Gasteiger partial charge in [-0.25, -0.2) is 4.90 Å². The van der Waals surface area contributed by atoms with Gasteiger partial charge in [-0.05, 0) is 31.9 Å². The number of nitro benzene ring substituents is 1. The monoisotopic (exact) mass is 316 g/mol. The molecular weight excluding hydrogens is 300 g/mol. The summed E-state index contributed by atoms with van der Waals surface area (Å²) >= 11 is 0. The summed E-state index contributed by atoms with van der Waals surface area (Å²) in [5.41, 5.74) is 0.769. The van der Waals surface area contributed by atoms with E-state index in [1.807, 2.05) is 13.0 Å². The second-order valence-corrected chi connectivity index (χ2v) is 5.83. The third-order valence-corrected chi connectivity index (χ3v) is 4.44. The molecule has 7 heteroatoms. The number of anilines is 1. The van der Waals surface area contributed by atoms with Crippen molar-refractivity contribution in [2.45, 2.75) is 19.8 Å². The van der Waals surface area contributed by atoms with E-state index in [0.29, 0.717) is 18.6 Å². The van der Waals surface area contributed by atoms with Crippen LogP contribution in [-0.2, 0) is 9.59 Å². The van der Waals surface area contributed by atoms with Crippen molar-refractivity contribution in [3.8, 4) is 5.75 Å². The van der Waals surface area contributed by atoms with E-state index in [9.17, 15) is 19.7 Å². The number of methoxy groups -OCH3 is 1. The van der Waals surface area contributed by atoms with Gasteiger partial charge in [0.1, 0.15) is 11.4 Å². The minimum atomic E-state index is -0.607. The molecule has 7 nitrogen and oxygen atoms in total. The highest BCUT2D eigenvalue weighted by Crippen LogP contribution is 2.42. The molecule has 0 radical (unpaired) electrons. The Kier molecular flexibility index (Phi) is 3.63. The van der Waals surface area contributed by atoms with Crippen LogP contribution in [0.15, 0.2) is 29.8 Å². The lowest BCUT2D eigenvalue weighted by Crippen LogP contribution is -2.31. The second kappa shape index (κ2) is 5.49. The summed E-state index contributed by atoms with van der Waals surface area (Å²) in [5, 5.41) is 11.3. The third-order valence-electron chi connectivity index (χ3n) is 4.44. The van der Waals surface area contributed by atoms with E-state index in [4.69, 9.17) is 4.74 Å². The highest BCUT2D eigenvalue weighted by atomic mass is 16.6. The first-order chi connectivity index (χ1) is 10.9. The Labute approximate surface area is 132 Å². The van der Waals surface area contributed by atoms with Gasteiger partial charge >= 0.3 is 0 Å². The summed E-state index contributed by atoms with van der Waals surface area (Å²) in [7, 11) is 1.40. The molecule has 120 valence electrons. The Balaban J connectivity index is 2.04. The molecule has 1 heterocycles. The fourth-order valence-electron chi connectivity index (χ4n) is 3.24. The maximum absolute atomic E-state index is 12.6. The maximum Gasteiger partial charge on any atom is 0.297 e. The summed E-state index contributed by atoms with van der Waals surface area (Å²) in [6.45, 7) is 1.92. The zero-order valence-electron chi connectivity index (χ0n) is 12.8. The van der Waals surface area contributed by atoms with Gasteiger partial charge in [-0.1, -0.05) is 11.6 Å². The molecule has 1 aromatic rings. The molecule has 1 aromatic carbocycles. The normalized spacial score (nSPS) is 23.6. The van der Waals surface area contributed by atoms with E-state index in [1.165, 1.54) is 25.3 Å². The van der Waals surface area contributed by atoms with Gasteiger partial charge in [0.2, 0.25) is 11.8 Å². The van der Waals surface area contributed by atoms with Gasteiger partial charge in [-0.3, -0.25) is 19.7 Å². The average Bonchev–Trinajstić information content (AvgIpc) is 2.77. The van der Waals surface area contributed by atoms with Gasteiger partial charge in [0, 0.05) is 0 Å². The van der Waals surface area contributed by atoms with Gasteiger partial charge in [0.25, 0.3) is 5.69 Å². The molecule has 1 aliphatic heterocycles. The molecule has 2 unspecified atom stereocenters. The van der Waals surface area contributed by atoms with Crippen molar-refractivity contribution in [3.63, 3.8) is 0 Å². The lowest BCUT2D eigenvalue weighted by atomic mass is 9.82. The quantitative estimate of drug-likeness (QED) is 0.370. The second-order valence-electron chi connectivity index (χ2n) is 5.83. The molecule has 23 heavy (non-hydrogen) atoms. The predicted molar refractivity (Wildman–Crippen MR) is 82.1 cm³/mol. The van der Waals surface area contributed by atoms with Gasteiger partial charge < -0.3 is 4.74 Å². The summed E-state index contributed by atoms with van der Waals surface area (Å²) in [4.78, 5) is 36.9. The number of hydrogen-bond donors (Lipinski definition) is 0. The molecule has 1 saturated heterocycles.